The molecule has 1 aromatic heterocycles. The lowest BCUT2D eigenvalue weighted by molar-refractivity contribution is 1.08. The van der Waals surface area contributed by atoms with E-state index >= 15 is 0 Å². The fraction of sp³-hybridized carbons (Fsp3) is 0.333. The molecule has 46 valence electrons. The van der Waals surface area contributed by atoms with Crippen molar-refractivity contribution in [2.45, 2.75) is 6.92 Å². The molecule has 3 nitrogen and oxygen atoms in total. The maximum Gasteiger partial charge on any atom is 0.173 e. The van der Waals surface area contributed by atoms with E-state index in [0.717, 1.165) is 23.2 Å². The summed E-state index contributed by atoms with van der Waals surface area (Å²) in [5.74, 6) is 0.944. The number of hydrogen-bond donors (Lipinski definition) is 1. The van der Waals surface area contributed by atoms with Crippen molar-refractivity contribution >= 4 is 6.08 Å². The molecule has 0 aromatic carbocycles. The normalized spacial score (nSPS) is 14.3. The average Bonchev–Trinajstić information content (AvgIpc) is 2.22. The van der Waals surface area contributed by atoms with E-state index in [4.69, 9.17) is 0 Å². The lowest BCUT2D eigenvalue weighted by atomic mass is 10.6. The summed E-state index contributed by atoms with van der Waals surface area (Å²) >= 11 is 0. The molecular formula is C6H7N3. The monoisotopic (exact) mass is 121 g/mol. The van der Waals surface area contributed by atoms with Crippen LogP contribution in [0.1, 0.15) is 5.82 Å². The zero-order valence-electron chi connectivity index (χ0n) is 5.18. The minimum atomic E-state index is 0.786. The SMILES string of the molecule is Cc1nc2c([nH]1)=CCN=2. The van der Waals surface area contributed by atoms with Crippen LogP contribution in [0.5, 0.6) is 0 Å². The number of nitrogens with zero attached hydrogens (tertiary/aromatic N) is 2. The van der Waals surface area contributed by atoms with Gasteiger partial charge in [0.05, 0.1) is 11.9 Å². The summed E-state index contributed by atoms with van der Waals surface area (Å²) in [7, 11) is 0. The highest BCUT2D eigenvalue weighted by Gasteiger charge is 1.96. The summed E-state index contributed by atoms with van der Waals surface area (Å²) in [6.07, 6.45) is 2.04. The highest BCUT2D eigenvalue weighted by molar-refractivity contribution is 5.23. The van der Waals surface area contributed by atoms with Crippen molar-refractivity contribution in [2.75, 3.05) is 6.54 Å². The first kappa shape index (κ1) is 4.73. The molecule has 2 rings (SSSR count). The van der Waals surface area contributed by atoms with Crippen LogP contribution in [0.4, 0.5) is 0 Å². The average molecular weight is 121 g/mol. The first-order valence-electron chi connectivity index (χ1n) is 2.93. The van der Waals surface area contributed by atoms with Crippen molar-refractivity contribution in [1.29, 1.82) is 0 Å². The Labute approximate surface area is 52.2 Å². The topological polar surface area (TPSA) is 41.0 Å². The molecule has 1 N–H and O–H groups in total. The predicted octanol–water partition coefficient (Wildman–Crippen LogP) is -0.868. The molecule has 0 saturated heterocycles. The molecule has 0 unspecified atom stereocenters. The molecule has 0 amide bonds. The molecule has 2 heterocycles. The van der Waals surface area contributed by atoms with Crippen LogP contribution in [-0.2, 0) is 0 Å². The van der Waals surface area contributed by atoms with Gasteiger partial charge in [0, 0.05) is 0 Å². The maximum absolute atomic E-state index is 4.14. The van der Waals surface area contributed by atoms with Crippen molar-refractivity contribution in [1.82, 2.24) is 9.97 Å². The van der Waals surface area contributed by atoms with Gasteiger partial charge in [-0.1, -0.05) is 0 Å². The standard InChI is InChI=1S/C6H7N3/c1-4-8-5-2-3-7-6(5)9-4/h2H,3H2,1H3,(H,7,8,9). The van der Waals surface area contributed by atoms with E-state index in [1.165, 1.54) is 0 Å². The van der Waals surface area contributed by atoms with Crippen LogP contribution in [0.25, 0.3) is 6.08 Å². The summed E-state index contributed by atoms with van der Waals surface area (Å²) in [6, 6.07) is 0. The Bertz CT molecular complexity index is 302. The second-order valence-electron chi connectivity index (χ2n) is 2.10. The van der Waals surface area contributed by atoms with E-state index in [-0.39, 0.29) is 0 Å². The molecule has 0 bridgehead atoms. The van der Waals surface area contributed by atoms with Gasteiger partial charge in [0.25, 0.3) is 0 Å². The first-order chi connectivity index (χ1) is 4.36. The van der Waals surface area contributed by atoms with Gasteiger partial charge in [-0.3, -0.25) is 4.99 Å². The van der Waals surface area contributed by atoms with Crippen molar-refractivity contribution in [2.24, 2.45) is 4.99 Å². The lowest BCUT2D eigenvalue weighted by Crippen LogP contribution is -2.20. The number of aryl methyl sites for hydroxylation is 1. The number of nitrogens with one attached hydrogen (secondary N) is 1. The van der Waals surface area contributed by atoms with Gasteiger partial charge in [-0.2, -0.15) is 0 Å². The molecule has 0 aliphatic carbocycles. The van der Waals surface area contributed by atoms with Crippen molar-refractivity contribution in [3.8, 4) is 0 Å². The first-order valence-corrected chi connectivity index (χ1v) is 2.93. The van der Waals surface area contributed by atoms with Gasteiger partial charge in [-0.05, 0) is 13.0 Å². The van der Waals surface area contributed by atoms with E-state index in [9.17, 15) is 0 Å². The molecule has 1 aliphatic rings. The number of hydrogen-bond acceptors (Lipinski definition) is 2. The summed E-state index contributed by atoms with van der Waals surface area (Å²) in [4.78, 5) is 11.4. The third kappa shape index (κ3) is 0.575. The third-order valence-corrected chi connectivity index (χ3v) is 1.37. The molecule has 0 saturated carbocycles. The molecule has 0 radical (unpaired) electrons. The second kappa shape index (κ2) is 1.43. The van der Waals surface area contributed by atoms with E-state index in [2.05, 4.69) is 15.0 Å². The Morgan fingerprint density at radius 2 is 2.56 bits per heavy atom. The van der Waals surface area contributed by atoms with Gasteiger partial charge in [-0.15, -0.1) is 0 Å². The summed E-state index contributed by atoms with van der Waals surface area (Å²) in [6.45, 7) is 2.72. The smallest absolute Gasteiger partial charge is 0.173 e. The number of aromatic amines is 1. The van der Waals surface area contributed by atoms with Crippen LogP contribution >= 0.6 is 0 Å². The molecule has 1 aliphatic heterocycles. The number of aromatic nitrogens is 2. The molecule has 0 atom stereocenters. The quantitative estimate of drug-likeness (QED) is 0.476. The Balaban J connectivity index is 2.94. The van der Waals surface area contributed by atoms with E-state index in [1.54, 1.807) is 0 Å². The van der Waals surface area contributed by atoms with Gasteiger partial charge in [-0.25, -0.2) is 4.98 Å². The third-order valence-electron chi connectivity index (χ3n) is 1.37. The van der Waals surface area contributed by atoms with Crippen LogP contribution < -0.4 is 10.8 Å². The fourth-order valence-corrected chi connectivity index (χ4v) is 0.984. The van der Waals surface area contributed by atoms with E-state index in [0.29, 0.717) is 0 Å². The zero-order valence-corrected chi connectivity index (χ0v) is 5.18. The number of fused-ring (bicyclic) bond motifs is 1. The maximum atomic E-state index is 4.14. The predicted molar refractivity (Wildman–Crippen MR) is 33.4 cm³/mol. The molecular weight excluding hydrogens is 114 g/mol. The van der Waals surface area contributed by atoms with Crippen LogP contribution in [0.3, 0.4) is 0 Å². The van der Waals surface area contributed by atoms with Crippen molar-refractivity contribution < 1.29 is 0 Å². The highest BCUT2D eigenvalue weighted by atomic mass is 15.0. The second-order valence-corrected chi connectivity index (χ2v) is 2.10. The highest BCUT2D eigenvalue weighted by Crippen LogP contribution is 1.77. The van der Waals surface area contributed by atoms with Crippen molar-refractivity contribution in [3.63, 3.8) is 0 Å². The summed E-state index contributed by atoms with van der Waals surface area (Å²) in [5, 5.41) is 1.08. The largest absolute Gasteiger partial charge is 0.341 e. The number of imidazole rings is 1. The van der Waals surface area contributed by atoms with Gasteiger partial charge in [0.15, 0.2) is 5.49 Å². The van der Waals surface area contributed by atoms with E-state index < -0.39 is 0 Å². The molecule has 1 aromatic rings. The molecule has 0 fully saturated rings. The molecule has 9 heavy (non-hydrogen) atoms. The van der Waals surface area contributed by atoms with Gasteiger partial charge in [0.1, 0.15) is 5.82 Å². The van der Waals surface area contributed by atoms with Crippen LogP contribution in [0, 0.1) is 6.92 Å². The molecule has 0 spiro atoms. The Hall–Kier alpha value is -1.12. The van der Waals surface area contributed by atoms with Gasteiger partial charge in [0.2, 0.25) is 0 Å². The number of H-pyrrole nitrogens is 1. The minimum absolute atomic E-state index is 0.786. The van der Waals surface area contributed by atoms with E-state index in [1.807, 2.05) is 13.0 Å². The number of rotatable bonds is 0. The van der Waals surface area contributed by atoms with Gasteiger partial charge >= 0.3 is 0 Å². The van der Waals surface area contributed by atoms with Crippen LogP contribution in [0.15, 0.2) is 4.99 Å². The minimum Gasteiger partial charge on any atom is -0.341 e. The Morgan fingerprint density at radius 3 is 3.33 bits per heavy atom. The molecule has 3 heteroatoms. The van der Waals surface area contributed by atoms with Crippen molar-refractivity contribution in [3.05, 3.63) is 16.7 Å². The Morgan fingerprint density at radius 1 is 1.67 bits per heavy atom. The Kier molecular flexibility index (Phi) is 0.754. The van der Waals surface area contributed by atoms with Gasteiger partial charge < -0.3 is 4.98 Å². The van der Waals surface area contributed by atoms with Crippen LogP contribution in [0.2, 0.25) is 0 Å². The summed E-state index contributed by atoms with van der Waals surface area (Å²) in [5.41, 5.74) is 0.868. The van der Waals surface area contributed by atoms with Crippen LogP contribution in [-0.4, -0.2) is 16.5 Å². The fourth-order valence-electron chi connectivity index (χ4n) is 0.984. The lowest BCUT2D eigenvalue weighted by Gasteiger charge is -1.74. The summed E-state index contributed by atoms with van der Waals surface area (Å²) < 4.78 is 0. The zero-order chi connectivity index (χ0) is 6.27.